The summed E-state index contributed by atoms with van der Waals surface area (Å²) in [6.45, 7) is 5.43. The molecule has 8 nitrogen and oxygen atoms in total. The number of nitrogens with zero attached hydrogens (tertiary/aromatic N) is 3. The van der Waals surface area contributed by atoms with Gasteiger partial charge in [0.15, 0.2) is 5.17 Å². The molecule has 2 aromatic rings. The van der Waals surface area contributed by atoms with Gasteiger partial charge in [0.05, 0.1) is 31.7 Å². The van der Waals surface area contributed by atoms with Crippen LogP contribution in [0.1, 0.15) is 26.3 Å². The van der Waals surface area contributed by atoms with Crippen LogP contribution in [-0.2, 0) is 9.59 Å². The molecule has 1 unspecified atom stereocenters. The van der Waals surface area contributed by atoms with Crippen LogP contribution in [0.3, 0.4) is 0 Å². The van der Waals surface area contributed by atoms with E-state index in [9.17, 15) is 14.9 Å². The molecule has 1 heterocycles. The Kier molecular flexibility index (Phi) is 8.20. The second-order valence-corrected chi connectivity index (χ2v) is 9.29. The van der Waals surface area contributed by atoms with Crippen LogP contribution < -0.4 is 19.7 Å². The number of ether oxygens (including phenoxy) is 2. The van der Waals surface area contributed by atoms with Crippen LogP contribution in [0.5, 0.6) is 11.5 Å². The lowest BCUT2D eigenvalue weighted by Crippen LogP contribution is -2.49. The van der Waals surface area contributed by atoms with Crippen molar-refractivity contribution in [2.75, 3.05) is 24.9 Å². The minimum atomic E-state index is -0.989. The van der Waals surface area contributed by atoms with Crippen LogP contribution in [0, 0.1) is 17.2 Å². The number of hydrogen-bond acceptors (Lipinski definition) is 7. The lowest BCUT2D eigenvalue weighted by molar-refractivity contribution is -0.120. The van der Waals surface area contributed by atoms with Crippen molar-refractivity contribution in [1.82, 2.24) is 5.32 Å². The highest BCUT2D eigenvalue weighted by molar-refractivity contribution is 8.14. The molecule has 0 fully saturated rings. The zero-order valence-electron chi connectivity index (χ0n) is 20.4. The zero-order valence-corrected chi connectivity index (χ0v) is 21.2. The number of carbonyl (C=O) groups is 2. The van der Waals surface area contributed by atoms with Gasteiger partial charge in [-0.05, 0) is 48.7 Å². The minimum Gasteiger partial charge on any atom is -0.497 e. The molecule has 1 N–H and O–H groups in total. The number of amidine groups is 1. The number of hydrogen-bond donors (Lipinski definition) is 1. The summed E-state index contributed by atoms with van der Waals surface area (Å²) in [5, 5.41) is 12.6. The molecule has 0 aromatic heterocycles. The lowest BCUT2D eigenvalue weighted by Gasteiger charge is -2.27. The Labute approximate surface area is 209 Å². The predicted molar refractivity (Wildman–Crippen MR) is 138 cm³/mol. The molecule has 3 rings (SSSR count). The van der Waals surface area contributed by atoms with E-state index >= 15 is 0 Å². The molecule has 2 amide bonds. The first-order valence-corrected chi connectivity index (χ1v) is 12.0. The molecular formula is C26H28N4O4S. The largest absolute Gasteiger partial charge is 0.497 e. The molecule has 0 spiro atoms. The Balaban J connectivity index is 1.89. The van der Waals surface area contributed by atoms with E-state index in [1.54, 1.807) is 63.6 Å². The smallest absolute Gasteiger partial charge is 0.283 e. The number of thioether (sulfide) groups is 1. The summed E-state index contributed by atoms with van der Waals surface area (Å²) in [6.07, 6.45) is 1.69. The number of rotatable bonds is 8. The number of carbonyl (C=O) groups excluding carboxylic acids is 2. The molecule has 0 radical (unpaired) electrons. The average Bonchev–Trinajstić information content (AvgIpc) is 3.17. The van der Waals surface area contributed by atoms with E-state index in [1.807, 2.05) is 26.0 Å². The molecule has 0 saturated heterocycles. The van der Waals surface area contributed by atoms with E-state index in [4.69, 9.17) is 9.47 Å². The van der Waals surface area contributed by atoms with Gasteiger partial charge in [0.25, 0.3) is 5.91 Å². The van der Waals surface area contributed by atoms with E-state index in [1.165, 1.54) is 4.90 Å². The molecule has 182 valence electrons. The molecule has 1 aliphatic heterocycles. The molecule has 9 heteroatoms. The molecule has 0 saturated carbocycles. The molecule has 1 atom stereocenters. The molecule has 1 aliphatic rings. The minimum absolute atomic E-state index is 0.00755. The van der Waals surface area contributed by atoms with Gasteiger partial charge in [-0.25, -0.2) is 4.99 Å². The van der Waals surface area contributed by atoms with Gasteiger partial charge in [-0.1, -0.05) is 43.8 Å². The number of amides is 2. The summed E-state index contributed by atoms with van der Waals surface area (Å²) in [6, 6.07) is 16.5. The second kappa shape index (κ2) is 11.1. The van der Waals surface area contributed by atoms with E-state index in [-0.39, 0.29) is 29.2 Å². The van der Waals surface area contributed by atoms with Gasteiger partial charge in [-0.3, -0.25) is 14.5 Å². The van der Waals surface area contributed by atoms with Crippen molar-refractivity contribution in [3.63, 3.8) is 0 Å². The quantitative estimate of drug-likeness (QED) is 0.553. The van der Waals surface area contributed by atoms with E-state index in [2.05, 4.69) is 16.4 Å². The summed E-state index contributed by atoms with van der Waals surface area (Å²) in [5.41, 5.74) is 0.610. The average molecular weight is 493 g/mol. The maximum Gasteiger partial charge on any atom is 0.283 e. The molecule has 0 bridgehead atoms. The number of nitriles is 1. The van der Waals surface area contributed by atoms with Gasteiger partial charge in [0, 0.05) is 6.07 Å². The summed E-state index contributed by atoms with van der Waals surface area (Å²) >= 11 is 1.13. The Morgan fingerprint density at radius 2 is 1.89 bits per heavy atom. The van der Waals surface area contributed by atoms with Gasteiger partial charge in [-0.2, -0.15) is 5.26 Å². The van der Waals surface area contributed by atoms with Crippen molar-refractivity contribution >= 4 is 40.5 Å². The van der Waals surface area contributed by atoms with Crippen LogP contribution in [0.4, 0.5) is 5.69 Å². The number of methoxy groups -OCH3 is 2. The van der Waals surface area contributed by atoms with Gasteiger partial charge in [0.1, 0.15) is 22.7 Å². The molecule has 0 aliphatic carbocycles. The van der Waals surface area contributed by atoms with E-state index in [0.29, 0.717) is 22.4 Å². The van der Waals surface area contributed by atoms with Crippen molar-refractivity contribution in [1.29, 1.82) is 5.26 Å². The van der Waals surface area contributed by atoms with Gasteiger partial charge in [-0.15, -0.1) is 0 Å². The van der Waals surface area contributed by atoms with Gasteiger partial charge in [0.2, 0.25) is 5.91 Å². The Morgan fingerprint density at radius 3 is 2.49 bits per heavy atom. The van der Waals surface area contributed by atoms with Gasteiger partial charge < -0.3 is 14.8 Å². The van der Waals surface area contributed by atoms with Crippen LogP contribution >= 0.6 is 11.8 Å². The molecule has 2 aromatic carbocycles. The fourth-order valence-corrected chi connectivity index (χ4v) is 4.00. The SMILES string of the molecule is COc1ccc(/C=C2\N=C(SCC(=O)NC(C)(C#N)C(C)C)N(c3cccc(OC)c3)C2=O)cc1. The third-order valence-corrected chi connectivity index (χ3v) is 6.62. The molecular weight excluding hydrogens is 464 g/mol. The fraction of sp³-hybridized carbons (Fsp3) is 0.308. The monoisotopic (exact) mass is 492 g/mol. The third-order valence-electron chi connectivity index (χ3n) is 5.68. The predicted octanol–water partition coefficient (Wildman–Crippen LogP) is 4.24. The Morgan fingerprint density at radius 1 is 1.20 bits per heavy atom. The standard InChI is InChI=1S/C26H28N4O4S/c1-17(2)26(3,16-27)29-23(31)15-35-25-28-22(13-18-9-11-20(33-4)12-10-18)24(32)30(25)19-7-6-8-21(14-19)34-5/h6-14,17H,15H2,1-5H3,(H,29,31)/b22-13-. The van der Waals surface area contributed by atoms with E-state index < -0.39 is 5.54 Å². The number of anilines is 1. The first kappa shape index (κ1) is 25.8. The van der Waals surface area contributed by atoms with Crippen molar-refractivity contribution in [2.24, 2.45) is 10.9 Å². The zero-order chi connectivity index (χ0) is 25.6. The fourth-order valence-electron chi connectivity index (χ4n) is 3.19. The van der Waals surface area contributed by atoms with Crippen LogP contribution in [-0.4, -0.2) is 42.5 Å². The first-order chi connectivity index (χ1) is 16.7. The summed E-state index contributed by atoms with van der Waals surface area (Å²) in [7, 11) is 3.14. The second-order valence-electron chi connectivity index (χ2n) is 8.34. The van der Waals surface area contributed by atoms with Crippen LogP contribution in [0.2, 0.25) is 0 Å². The highest BCUT2D eigenvalue weighted by Crippen LogP contribution is 2.31. The first-order valence-electron chi connectivity index (χ1n) is 11.0. The van der Waals surface area contributed by atoms with E-state index in [0.717, 1.165) is 17.3 Å². The lowest BCUT2D eigenvalue weighted by atomic mass is 9.90. The summed E-state index contributed by atoms with van der Waals surface area (Å²) in [5.74, 6) is 0.583. The highest BCUT2D eigenvalue weighted by Gasteiger charge is 2.34. The number of nitrogens with one attached hydrogen (secondary N) is 1. The Hall–Kier alpha value is -3.77. The highest BCUT2D eigenvalue weighted by atomic mass is 32.2. The maximum atomic E-state index is 13.4. The van der Waals surface area contributed by atoms with Gasteiger partial charge >= 0.3 is 0 Å². The Bertz CT molecular complexity index is 1200. The normalized spacial score (nSPS) is 16.0. The van der Waals surface area contributed by atoms with Crippen molar-refractivity contribution in [3.8, 4) is 17.6 Å². The summed E-state index contributed by atoms with van der Waals surface area (Å²) < 4.78 is 10.5. The topological polar surface area (TPSA) is 104 Å². The van der Waals surface area contributed by atoms with Crippen molar-refractivity contribution < 1.29 is 19.1 Å². The van der Waals surface area contributed by atoms with Crippen LogP contribution in [0.15, 0.2) is 59.2 Å². The maximum absolute atomic E-state index is 13.4. The number of aliphatic imine (C=N–C) groups is 1. The van der Waals surface area contributed by atoms with Crippen LogP contribution in [0.25, 0.3) is 6.08 Å². The number of benzene rings is 2. The van der Waals surface area contributed by atoms with Crippen molar-refractivity contribution in [2.45, 2.75) is 26.3 Å². The molecule has 35 heavy (non-hydrogen) atoms. The van der Waals surface area contributed by atoms with Crippen molar-refractivity contribution in [3.05, 3.63) is 59.8 Å². The third kappa shape index (κ3) is 6.03. The summed E-state index contributed by atoms with van der Waals surface area (Å²) in [4.78, 5) is 32.0.